The van der Waals surface area contributed by atoms with E-state index in [4.69, 9.17) is 0 Å². The molecule has 1 aromatic rings. The van der Waals surface area contributed by atoms with Gasteiger partial charge in [0.25, 0.3) is 0 Å². The molecule has 1 heteroatoms. The van der Waals surface area contributed by atoms with Crippen molar-refractivity contribution in [1.82, 2.24) is 0 Å². The third kappa shape index (κ3) is 22.6. The van der Waals surface area contributed by atoms with Crippen LogP contribution < -0.4 is 0 Å². The third-order valence-electron chi connectivity index (χ3n) is 8.58. The van der Waals surface area contributed by atoms with Crippen LogP contribution in [-0.4, -0.2) is 24.1 Å². The molecule has 0 unspecified atom stereocenters. The Bertz CT molecular complexity index is 674. The highest BCUT2D eigenvalue weighted by Crippen LogP contribution is 2.22. The maximum absolute atomic E-state index is 2.38. The van der Waals surface area contributed by atoms with E-state index in [1.165, 1.54) is 165 Å². The van der Waals surface area contributed by atoms with Gasteiger partial charge >= 0.3 is 0 Å². The van der Waals surface area contributed by atoms with Crippen molar-refractivity contribution in [3.05, 3.63) is 72.4 Å². The fourth-order valence-electron chi connectivity index (χ4n) is 6.12. The monoisotopic (exact) mass is 565 g/mol. The van der Waals surface area contributed by atoms with E-state index in [2.05, 4.69) is 87.6 Å². The number of hydrogen-bond donors (Lipinski definition) is 0. The fraction of sp³-hybridized carbons (Fsp3) is 0.700. The summed E-state index contributed by atoms with van der Waals surface area (Å²) in [6, 6.07) is 11.4. The van der Waals surface area contributed by atoms with Crippen LogP contribution >= 0.6 is 0 Å². The van der Waals surface area contributed by atoms with Gasteiger partial charge in [-0.05, 0) is 96.3 Å². The number of allylic oxidation sites excluding steroid dienone is 6. The molecule has 0 amide bonds. The predicted octanol–water partition coefficient (Wildman–Crippen LogP) is 12.9. The Hall–Kier alpha value is -1.60. The molecule has 0 bridgehead atoms. The minimum Gasteiger partial charge on any atom is -0.320 e. The van der Waals surface area contributed by atoms with E-state index < -0.39 is 0 Å². The molecular weight excluding hydrogens is 494 g/mol. The van der Waals surface area contributed by atoms with Gasteiger partial charge in [-0.1, -0.05) is 126 Å². The zero-order valence-corrected chi connectivity index (χ0v) is 28.0. The number of nitrogens with zero attached hydrogens (tertiary/aromatic N) is 1. The second-order valence-electron chi connectivity index (χ2n) is 12.5. The lowest BCUT2D eigenvalue weighted by Crippen LogP contribution is -2.49. The van der Waals surface area contributed by atoms with Gasteiger partial charge in [0.05, 0.1) is 19.6 Å². The van der Waals surface area contributed by atoms with Gasteiger partial charge in [0.2, 0.25) is 0 Å². The largest absolute Gasteiger partial charge is 0.320 e. The van der Waals surface area contributed by atoms with Crippen LogP contribution in [0.15, 0.2) is 66.8 Å². The molecular formula is C40H70N+. The molecule has 0 heterocycles. The van der Waals surface area contributed by atoms with E-state index in [0.29, 0.717) is 0 Å². The van der Waals surface area contributed by atoms with Crippen molar-refractivity contribution >= 4 is 0 Å². The Morgan fingerprint density at radius 3 is 1.12 bits per heavy atom. The molecule has 0 atom stereocenters. The highest BCUT2D eigenvalue weighted by Gasteiger charge is 2.26. The first-order valence-corrected chi connectivity index (χ1v) is 18.1. The summed E-state index contributed by atoms with van der Waals surface area (Å²) in [5.74, 6) is 0. The van der Waals surface area contributed by atoms with Crippen LogP contribution in [0.3, 0.4) is 0 Å². The van der Waals surface area contributed by atoms with E-state index >= 15 is 0 Å². The topological polar surface area (TPSA) is 0 Å². The third-order valence-corrected chi connectivity index (χ3v) is 8.58. The van der Waals surface area contributed by atoms with Gasteiger partial charge in [0, 0.05) is 5.56 Å². The van der Waals surface area contributed by atoms with Crippen LogP contribution in [0.2, 0.25) is 0 Å². The van der Waals surface area contributed by atoms with Crippen molar-refractivity contribution in [3.8, 4) is 0 Å². The second-order valence-corrected chi connectivity index (χ2v) is 12.5. The Morgan fingerprint density at radius 2 is 0.756 bits per heavy atom. The van der Waals surface area contributed by atoms with E-state index in [9.17, 15) is 0 Å². The summed E-state index contributed by atoms with van der Waals surface area (Å²) in [5, 5.41) is 0. The molecule has 1 aromatic carbocycles. The van der Waals surface area contributed by atoms with Crippen molar-refractivity contribution in [2.45, 2.75) is 162 Å². The average molecular weight is 565 g/mol. The molecule has 0 saturated heterocycles. The summed E-state index contributed by atoms with van der Waals surface area (Å²) in [7, 11) is 0. The molecule has 0 radical (unpaired) electrons. The average Bonchev–Trinajstić information content (AvgIpc) is 2.99. The second kappa shape index (κ2) is 28.5. The molecule has 0 aliphatic carbocycles. The summed E-state index contributed by atoms with van der Waals surface area (Å²) < 4.78 is 1.32. The Labute approximate surface area is 258 Å². The zero-order chi connectivity index (χ0) is 29.5. The summed E-state index contributed by atoms with van der Waals surface area (Å²) in [4.78, 5) is 0. The van der Waals surface area contributed by atoms with Crippen LogP contribution in [-0.2, 0) is 6.54 Å². The van der Waals surface area contributed by atoms with Crippen LogP contribution in [0.25, 0.3) is 0 Å². The number of rotatable bonds is 29. The summed E-state index contributed by atoms with van der Waals surface area (Å²) >= 11 is 0. The molecule has 0 N–H and O–H groups in total. The van der Waals surface area contributed by atoms with Gasteiger partial charge in [0.1, 0.15) is 6.54 Å². The number of unbranched alkanes of at least 4 members (excludes halogenated alkanes) is 15. The van der Waals surface area contributed by atoms with Gasteiger partial charge in [-0.25, -0.2) is 0 Å². The molecule has 0 aromatic heterocycles. The molecule has 0 aliphatic rings. The molecule has 1 rings (SSSR count). The summed E-state index contributed by atoms with van der Waals surface area (Å²) in [6.07, 6.45) is 42.3. The minimum absolute atomic E-state index is 1.17. The number of quaternary nitrogens is 1. The van der Waals surface area contributed by atoms with Gasteiger partial charge in [-0.15, -0.1) is 0 Å². The maximum atomic E-state index is 2.38. The van der Waals surface area contributed by atoms with Gasteiger partial charge in [0.15, 0.2) is 0 Å². The summed E-state index contributed by atoms with van der Waals surface area (Å²) in [6.45, 7) is 12.0. The van der Waals surface area contributed by atoms with Gasteiger partial charge < -0.3 is 4.48 Å². The van der Waals surface area contributed by atoms with E-state index in [1.807, 2.05) is 0 Å². The molecule has 0 fully saturated rings. The Balaban J connectivity index is 2.65. The van der Waals surface area contributed by atoms with Gasteiger partial charge in [-0.2, -0.15) is 0 Å². The smallest absolute Gasteiger partial charge is 0.104 e. The van der Waals surface area contributed by atoms with Crippen LogP contribution in [0, 0.1) is 0 Å². The van der Waals surface area contributed by atoms with Crippen LogP contribution in [0.5, 0.6) is 0 Å². The zero-order valence-electron chi connectivity index (χ0n) is 28.0. The van der Waals surface area contributed by atoms with E-state index in [1.54, 1.807) is 5.56 Å². The van der Waals surface area contributed by atoms with Gasteiger partial charge in [-0.3, -0.25) is 0 Å². The van der Waals surface area contributed by atoms with Crippen molar-refractivity contribution in [2.75, 3.05) is 19.6 Å². The Kier molecular flexibility index (Phi) is 26.0. The summed E-state index contributed by atoms with van der Waals surface area (Å²) in [5.41, 5.74) is 1.54. The van der Waals surface area contributed by atoms with Crippen LogP contribution in [0.1, 0.15) is 161 Å². The standard InChI is InChI=1S/C40H70N/c1-4-7-10-13-16-19-22-25-31-36-41(39-40-34-29-28-30-35-40,37-32-26-23-20-17-14-11-8-5-2)38-33-27-24-21-18-15-12-9-6-3/h7-12,28-30,34-35H,4-6,13-27,31-33,36-39H2,1-3H3/q+1/b10-7+,11-8+,12-9+. The first-order chi connectivity index (χ1) is 20.3. The quantitative estimate of drug-likeness (QED) is 0.0515. The molecule has 0 aliphatic heterocycles. The minimum atomic E-state index is 1.17. The predicted molar refractivity (Wildman–Crippen MR) is 186 cm³/mol. The Morgan fingerprint density at radius 1 is 0.415 bits per heavy atom. The fourth-order valence-corrected chi connectivity index (χ4v) is 6.12. The van der Waals surface area contributed by atoms with Crippen molar-refractivity contribution < 1.29 is 4.48 Å². The SMILES string of the molecule is CC/C=C/CCCCCCC[N+](CCCCCCC/C=C/CC)(CCCCCCC/C=C/CC)Cc1ccccc1. The van der Waals surface area contributed by atoms with Crippen LogP contribution in [0.4, 0.5) is 0 Å². The number of hydrogen-bond acceptors (Lipinski definition) is 0. The normalized spacial score (nSPS) is 12.5. The van der Waals surface area contributed by atoms with Crippen molar-refractivity contribution in [3.63, 3.8) is 0 Å². The highest BCUT2D eigenvalue weighted by atomic mass is 15.3. The lowest BCUT2D eigenvalue weighted by molar-refractivity contribution is -0.941. The lowest BCUT2D eigenvalue weighted by atomic mass is 10.0. The number of benzene rings is 1. The van der Waals surface area contributed by atoms with Crippen molar-refractivity contribution in [2.24, 2.45) is 0 Å². The molecule has 234 valence electrons. The first-order valence-electron chi connectivity index (χ1n) is 18.1. The molecule has 0 saturated carbocycles. The molecule has 1 nitrogen and oxygen atoms in total. The lowest BCUT2D eigenvalue weighted by Gasteiger charge is -2.39. The first kappa shape index (κ1) is 37.4. The van der Waals surface area contributed by atoms with Crippen molar-refractivity contribution in [1.29, 1.82) is 0 Å². The molecule has 0 spiro atoms. The molecule has 41 heavy (non-hydrogen) atoms. The van der Waals surface area contributed by atoms with E-state index in [-0.39, 0.29) is 0 Å². The van der Waals surface area contributed by atoms with E-state index in [0.717, 1.165) is 0 Å². The maximum Gasteiger partial charge on any atom is 0.104 e. The highest BCUT2D eigenvalue weighted by molar-refractivity contribution is 5.13.